The standard InChI is InChI=1S/C14H16N2OS/c1-9-7-13(11(3)18-9)14(17)6-5-12-8-15-16(4)10(12)2/h5-8H,1-4H3/b6-5+. The van der Waals surface area contributed by atoms with Crippen molar-refractivity contribution in [3.05, 3.63) is 44.9 Å². The van der Waals surface area contributed by atoms with Gasteiger partial charge in [0.1, 0.15) is 0 Å². The van der Waals surface area contributed by atoms with Crippen molar-refractivity contribution in [1.29, 1.82) is 0 Å². The Balaban J connectivity index is 2.22. The van der Waals surface area contributed by atoms with Gasteiger partial charge in [-0.25, -0.2) is 0 Å². The second-order valence-electron chi connectivity index (χ2n) is 4.33. The molecular formula is C14H16N2OS. The summed E-state index contributed by atoms with van der Waals surface area (Å²) in [6.45, 7) is 5.98. The van der Waals surface area contributed by atoms with Gasteiger partial charge < -0.3 is 0 Å². The first-order valence-electron chi connectivity index (χ1n) is 5.77. The van der Waals surface area contributed by atoms with E-state index >= 15 is 0 Å². The van der Waals surface area contributed by atoms with Crippen LogP contribution in [-0.2, 0) is 7.05 Å². The number of ketones is 1. The van der Waals surface area contributed by atoms with Gasteiger partial charge in [-0.1, -0.05) is 0 Å². The van der Waals surface area contributed by atoms with Gasteiger partial charge in [-0.2, -0.15) is 5.10 Å². The first-order valence-corrected chi connectivity index (χ1v) is 6.58. The van der Waals surface area contributed by atoms with Gasteiger partial charge in [0.05, 0.1) is 6.20 Å². The predicted molar refractivity (Wildman–Crippen MR) is 75.1 cm³/mol. The van der Waals surface area contributed by atoms with Crippen molar-refractivity contribution in [2.45, 2.75) is 20.8 Å². The average Bonchev–Trinajstić information content (AvgIpc) is 2.81. The summed E-state index contributed by atoms with van der Waals surface area (Å²) in [7, 11) is 1.89. The van der Waals surface area contributed by atoms with E-state index in [1.807, 2.05) is 40.0 Å². The molecule has 0 aromatic carbocycles. The lowest BCUT2D eigenvalue weighted by Gasteiger charge is -1.95. The lowest BCUT2D eigenvalue weighted by atomic mass is 10.1. The Morgan fingerprint density at radius 1 is 1.39 bits per heavy atom. The van der Waals surface area contributed by atoms with E-state index in [0.29, 0.717) is 0 Å². The molecule has 2 aromatic heterocycles. The van der Waals surface area contributed by atoms with Crippen LogP contribution in [-0.4, -0.2) is 15.6 Å². The number of hydrogen-bond donors (Lipinski definition) is 0. The fraction of sp³-hybridized carbons (Fsp3) is 0.286. The monoisotopic (exact) mass is 260 g/mol. The van der Waals surface area contributed by atoms with E-state index in [1.54, 1.807) is 28.3 Å². The fourth-order valence-electron chi connectivity index (χ4n) is 1.81. The average molecular weight is 260 g/mol. The van der Waals surface area contributed by atoms with Crippen LogP contribution in [0.5, 0.6) is 0 Å². The van der Waals surface area contributed by atoms with E-state index in [1.165, 1.54) is 4.88 Å². The summed E-state index contributed by atoms with van der Waals surface area (Å²) in [6.07, 6.45) is 5.22. The molecule has 2 aromatic rings. The van der Waals surface area contributed by atoms with Crippen molar-refractivity contribution in [1.82, 2.24) is 9.78 Å². The van der Waals surface area contributed by atoms with E-state index in [4.69, 9.17) is 0 Å². The Kier molecular flexibility index (Phi) is 3.48. The van der Waals surface area contributed by atoms with Gasteiger partial charge in [0.25, 0.3) is 0 Å². The van der Waals surface area contributed by atoms with Crippen molar-refractivity contribution >= 4 is 23.2 Å². The highest BCUT2D eigenvalue weighted by atomic mass is 32.1. The molecule has 18 heavy (non-hydrogen) atoms. The highest BCUT2D eigenvalue weighted by molar-refractivity contribution is 7.12. The third-order valence-electron chi connectivity index (χ3n) is 2.99. The van der Waals surface area contributed by atoms with Crippen molar-refractivity contribution in [2.75, 3.05) is 0 Å². The topological polar surface area (TPSA) is 34.9 Å². The maximum atomic E-state index is 12.1. The van der Waals surface area contributed by atoms with Crippen LogP contribution in [0.1, 0.15) is 31.4 Å². The van der Waals surface area contributed by atoms with E-state index in [2.05, 4.69) is 5.10 Å². The molecule has 0 unspecified atom stereocenters. The molecular weight excluding hydrogens is 244 g/mol. The minimum Gasteiger partial charge on any atom is -0.289 e. The molecule has 3 nitrogen and oxygen atoms in total. The number of rotatable bonds is 3. The molecule has 2 heterocycles. The lowest BCUT2D eigenvalue weighted by Crippen LogP contribution is -1.94. The summed E-state index contributed by atoms with van der Waals surface area (Å²) in [5.41, 5.74) is 2.84. The van der Waals surface area contributed by atoms with Crippen LogP contribution in [0.15, 0.2) is 18.3 Å². The van der Waals surface area contributed by atoms with E-state index in [0.717, 1.165) is 21.7 Å². The van der Waals surface area contributed by atoms with Gasteiger partial charge in [-0.15, -0.1) is 11.3 Å². The summed E-state index contributed by atoms with van der Waals surface area (Å²) in [5.74, 6) is 0.0557. The number of allylic oxidation sites excluding steroid dienone is 1. The largest absolute Gasteiger partial charge is 0.289 e. The van der Waals surface area contributed by atoms with Crippen LogP contribution < -0.4 is 0 Å². The quantitative estimate of drug-likeness (QED) is 0.627. The van der Waals surface area contributed by atoms with Crippen LogP contribution >= 0.6 is 11.3 Å². The minimum absolute atomic E-state index is 0.0557. The van der Waals surface area contributed by atoms with E-state index < -0.39 is 0 Å². The van der Waals surface area contributed by atoms with Gasteiger partial charge >= 0.3 is 0 Å². The molecule has 0 spiro atoms. The Labute approximate surface area is 111 Å². The number of thiophene rings is 1. The molecule has 0 aliphatic carbocycles. The molecule has 2 rings (SSSR count). The molecule has 0 radical (unpaired) electrons. The number of hydrogen-bond acceptors (Lipinski definition) is 3. The first kappa shape index (κ1) is 12.8. The van der Waals surface area contributed by atoms with Crippen LogP contribution in [0.4, 0.5) is 0 Å². The Hall–Kier alpha value is -1.68. The van der Waals surface area contributed by atoms with Crippen LogP contribution in [0.2, 0.25) is 0 Å². The number of carbonyl (C=O) groups is 1. The fourth-order valence-corrected chi connectivity index (χ4v) is 2.74. The molecule has 0 saturated carbocycles. The first-order chi connectivity index (χ1) is 8.49. The van der Waals surface area contributed by atoms with Crippen molar-refractivity contribution < 1.29 is 4.79 Å². The highest BCUT2D eigenvalue weighted by Crippen LogP contribution is 2.21. The van der Waals surface area contributed by atoms with E-state index in [-0.39, 0.29) is 5.78 Å². The molecule has 4 heteroatoms. The molecule has 0 atom stereocenters. The van der Waals surface area contributed by atoms with E-state index in [9.17, 15) is 4.79 Å². The molecule has 0 aliphatic rings. The third-order valence-corrected chi connectivity index (χ3v) is 3.96. The molecule has 0 N–H and O–H groups in total. The zero-order chi connectivity index (χ0) is 13.3. The summed E-state index contributed by atoms with van der Waals surface area (Å²) >= 11 is 1.66. The normalized spacial score (nSPS) is 11.3. The molecule has 0 bridgehead atoms. The van der Waals surface area contributed by atoms with Crippen LogP contribution in [0.3, 0.4) is 0 Å². The van der Waals surface area contributed by atoms with Gasteiger partial charge in [0.15, 0.2) is 5.78 Å². The van der Waals surface area contributed by atoms with Gasteiger partial charge in [0.2, 0.25) is 0 Å². The SMILES string of the molecule is Cc1cc(C(=O)/C=C/c2cnn(C)c2C)c(C)s1. The third kappa shape index (κ3) is 2.43. The highest BCUT2D eigenvalue weighted by Gasteiger charge is 2.09. The Morgan fingerprint density at radius 3 is 2.61 bits per heavy atom. The van der Waals surface area contributed by atoms with Crippen LogP contribution in [0.25, 0.3) is 6.08 Å². The van der Waals surface area contributed by atoms with Crippen molar-refractivity contribution in [3.8, 4) is 0 Å². The maximum absolute atomic E-state index is 12.1. The van der Waals surface area contributed by atoms with Crippen molar-refractivity contribution in [3.63, 3.8) is 0 Å². The number of carbonyl (C=O) groups excluding carboxylic acids is 1. The zero-order valence-corrected chi connectivity index (χ0v) is 11.8. The predicted octanol–water partition coefficient (Wildman–Crippen LogP) is 3.30. The second-order valence-corrected chi connectivity index (χ2v) is 5.79. The molecule has 0 amide bonds. The summed E-state index contributed by atoms with van der Waals surface area (Å²) in [6, 6.07) is 1.95. The molecule has 0 saturated heterocycles. The maximum Gasteiger partial charge on any atom is 0.186 e. The summed E-state index contributed by atoms with van der Waals surface area (Å²) in [4.78, 5) is 14.3. The van der Waals surface area contributed by atoms with Gasteiger partial charge in [-0.3, -0.25) is 9.48 Å². The number of aromatic nitrogens is 2. The lowest BCUT2D eigenvalue weighted by molar-refractivity contribution is 0.104. The molecule has 0 fully saturated rings. The summed E-state index contributed by atoms with van der Waals surface area (Å²) < 4.78 is 1.80. The van der Waals surface area contributed by atoms with Gasteiger partial charge in [0, 0.05) is 33.6 Å². The minimum atomic E-state index is 0.0557. The smallest absolute Gasteiger partial charge is 0.186 e. The summed E-state index contributed by atoms with van der Waals surface area (Å²) in [5, 5.41) is 4.14. The van der Waals surface area contributed by atoms with Crippen molar-refractivity contribution in [2.24, 2.45) is 7.05 Å². The number of nitrogens with zero attached hydrogens (tertiary/aromatic N) is 2. The van der Waals surface area contributed by atoms with Crippen LogP contribution in [0, 0.1) is 20.8 Å². The second kappa shape index (κ2) is 4.90. The Bertz CT molecular complexity index is 620. The molecule has 94 valence electrons. The Morgan fingerprint density at radius 2 is 2.11 bits per heavy atom. The zero-order valence-electron chi connectivity index (χ0n) is 11.0. The van der Waals surface area contributed by atoms with Gasteiger partial charge in [-0.05, 0) is 39.0 Å². The number of aryl methyl sites for hydroxylation is 3. The molecule has 0 aliphatic heterocycles.